The summed E-state index contributed by atoms with van der Waals surface area (Å²) >= 11 is 0. The molecule has 1 heterocycles. The Labute approximate surface area is 219 Å². The summed E-state index contributed by atoms with van der Waals surface area (Å²) in [6, 6.07) is 11.2. The van der Waals surface area contributed by atoms with E-state index in [4.69, 9.17) is 4.74 Å². The zero-order valence-electron chi connectivity index (χ0n) is 22.1. The lowest BCUT2D eigenvalue weighted by molar-refractivity contribution is -0.131. The van der Waals surface area contributed by atoms with Crippen LogP contribution >= 0.6 is 0 Å². The molecule has 0 radical (unpaired) electrons. The second-order valence-corrected chi connectivity index (χ2v) is 10.1. The van der Waals surface area contributed by atoms with Crippen molar-refractivity contribution in [2.45, 2.75) is 77.6 Å². The highest BCUT2D eigenvalue weighted by Crippen LogP contribution is 2.20. The molecule has 0 spiro atoms. The van der Waals surface area contributed by atoms with E-state index >= 15 is 0 Å². The Kier molecular flexibility index (Phi) is 10.9. The molecule has 0 unspecified atom stereocenters. The first-order chi connectivity index (χ1) is 17.7. The predicted molar refractivity (Wildman–Crippen MR) is 142 cm³/mol. The van der Waals surface area contributed by atoms with Gasteiger partial charge in [0.1, 0.15) is 17.6 Å². The molecule has 0 fully saturated rings. The van der Waals surface area contributed by atoms with E-state index in [1.165, 1.54) is 17.7 Å². The van der Waals surface area contributed by atoms with E-state index in [0.29, 0.717) is 37.3 Å². The Morgan fingerprint density at radius 3 is 2.65 bits per heavy atom. The molecule has 4 N–H and O–H groups in total. The summed E-state index contributed by atoms with van der Waals surface area (Å²) in [7, 11) is 0. The zero-order chi connectivity index (χ0) is 26.8. The van der Waals surface area contributed by atoms with Crippen molar-refractivity contribution in [3.63, 3.8) is 0 Å². The molecule has 7 nitrogen and oxygen atoms in total. The molecule has 37 heavy (non-hydrogen) atoms. The van der Waals surface area contributed by atoms with Crippen molar-refractivity contribution in [3.05, 3.63) is 65.0 Å². The van der Waals surface area contributed by atoms with Crippen LogP contribution in [0.1, 0.15) is 56.7 Å². The van der Waals surface area contributed by atoms with Crippen LogP contribution in [0.3, 0.4) is 0 Å². The Morgan fingerprint density at radius 1 is 1.11 bits per heavy atom. The number of aliphatic hydroxyl groups excluding tert-OH is 1. The van der Waals surface area contributed by atoms with Gasteiger partial charge in [-0.3, -0.25) is 9.59 Å². The molecule has 3 rings (SSSR count). The minimum absolute atomic E-state index is 0.148. The number of nitrogens with one attached hydrogen (secondary N) is 3. The normalized spacial score (nSPS) is 20.3. The van der Waals surface area contributed by atoms with Crippen LogP contribution in [0.5, 0.6) is 5.75 Å². The summed E-state index contributed by atoms with van der Waals surface area (Å²) in [5.41, 5.74) is 2.95. The number of halogens is 1. The lowest BCUT2D eigenvalue weighted by atomic mass is 9.98. The first-order valence-corrected chi connectivity index (χ1v) is 13.2. The fourth-order valence-corrected chi connectivity index (χ4v) is 4.46. The van der Waals surface area contributed by atoms with Gasteiger partial charge in [0, 0.05) is 25.6 Å². The van der Waals surface area contributed by atoms with Crippen molar-refractivity contribution < 1.29 is 23.8 Å². The molecular weight excluding hydrogens is 473 g/mol. The number of carbonyl (C=O) groups is 2. The molecule has 3 atom stereocenters. The minimum atomic E-state index is -0.954. The first kappa shape index (κ1) is 28.6. The van der Waals surface area contributed by atoms with Gasteiger partial charge in [0.25, 0.3) is 0 Å². The van der Waals surface area contributed by atoms with Gasteiger partial charge in [0.05, 0.1) is 18.8 Å². The first-order valence-electron chi connectivity index (χ1n) is 13.2. The van der Waals surface area contributed by atoms with E-state index in [2.05, 4.69) is 35.0 Å². The minimum Gasteiger partial charge on any atom is -0.493 e. The van der Waals surface area contributed by atoms with Crippen molar-refractivity contribution in [2.75, 3.05) is 13.2 Å². The van der Waals surface area contributed by atoms with Crippen molar-refractivity contribution in [2.24, 2.45) is 5.92 Å². The van der Waals surface area contributed by atoms with Crippen molar-refractivity contribution in [1.29, 1.82) is 0 Å². The maximum absolute atomic E-state index is 14.4. The van der Waals surface area contributed by atoms with Gasteiger partial charge in [-0.2, -0.15) is 0 Å². The highest BCUT2D eigenvalue weighted by molar-refractivity contribution is 5.88. The van der Waals surface area contributed by atoms with Gasteiger partial charge in [-0.25, -0.2) is 4.39 Å². The molecule has 0 aromatic heterocycles. The maximum Gasteiger partial charge on any atom is 0.243 e. The third-order valence-electron chi connectivity index (χ3n) is 6.59. The van der Waals surface area contributed by atoms with Crippen molar-refractivity contribution in [1.82, 2.24) is 16.0 Å². The number of aryl methyl sites for hydroxylation is 1. The molecule has 2 bridgehead atoms. The van der Waals surface area contributed by atoms with Crippen LogP contribution < -0.4 is 20.7 Å². The van der Waals surface area contributed by atoms with Crippen LogP contribution in [0, 0.1) is 11.7 Å². The smallest absolute Gasteiger partial charge is 0.243 e. The average Bonchev–Trinajstić information content (AvgIpc) is 2.86. The SMILES string of the molecule is CCc1cccc(CNC[C@@H](O)[C@@H]2Cc3cc(F)cc(c3)OCCCCC(=O)N[C@H](C(C)C)C(=O)N2)c1. The van der Waals surface area contributed by atoms with E-state index in [9.17, 15) is 19.1 Å². The van der Waals surface area contributed by atoms with Crippen molar-refractivity contribution >= 4 is 11.8 Å². The summed E-state index contributed by atoms with van der Waals surface area (Å²) in [5, 5.41) is 20.1. The molecule has 0 saturated carbocycles. The molecule has 1 aliphatic rings. The van der Waals surface area contributed by atoms with Crippen LogP contribution in [-0.4, -0.2) is 48.3 Å². The highest BCUT2D eigenvalue weighted by Gasteiger charge is 2.29. The van der Waals surface area contributed by atoms with Crippen molar-refractivity contribution in [3.8, 4) is 5.75 Å². The van der Waals surface area contributed by atoms with Crippen LogP contribution in [-0.2, 0) is 29.0 Å². The standard InChI is InChI=1S/C29H40FN3O4/c1-4-20-8-7-9-21(12-20)17-31-18-26(34)25-15-22-13-23(30)16-24(14-22)37-11-6-5-10-27(35)33-28(19(2)3)29(36)32-25/h7-9,12-14,16,19,25-26,28,31,34H,4-6,10-11,15,17-18H2,1-3H3,(H,32,36)(H,33,35)/t25-,26+,28+/m0/s1. The van der Waals surface area contributed by atoms with E-state index in [0.717, 1.165) is 12.0 Å². The molecule has 202 valence electrons. The number of benzene rings is 2. The molecule has 2 aromatic rings. The third-order valence-corrected chi connectivity index (χ3v) is 6.59. The summed E-state index contributed by atoms with van der Waals surface area (Å²) in [6.07, 6.45) is 1.68. The molecule has 0 saturated heterocycles. The van der Waals surface area contributed by atoms with Crippen LogP contribution in [0.2, 0.25) is 0 Å². The number of amides is 2. The summed E-state index contributed by atoms with van der Waals surface area (Å²) in [4.78, 5) is 25.7. The molecule has 1 aliphatic heterocycles. The number of carbonyl (C=O) groups excluding carboxylic acids is 2. The van der Waals surface area contributed by atoms with Gasteiger partial charge in [-0.05, 0) is 60.4 Å². The number of hydrogen-bond donors (Lipinski definition) is 4. The third kappa shape index (κ3) is 9.13. The monoisotopic (exact) mass is 513 g/mol. The van der Waals surface area contributed by atoms with Gasteiger partial charge in [-0.15, -0.1) is 0 Å². The number of rotatable bonds is 7. The quantitative estimate of drug-likeness (QED) is 0.456. The summed E-state index contributed by atoms with van der Waals surface area (Å²) in [6.45, 7) is 6.97. The Bertz CT molecular complexity index is 1050. The molecular formula is C29H40FN3O4. The van der Waals surface area contributed by atoms with Gasteiger partial charge in [0.2, 0.25) is 11.8 Å². The highest BCUT2D eigenvalue weighted by atomic mass is 19.1. The number of fused-ring (bicyclic) bond motifs is 2. The predicted octanol–water partition coefficient (Wildman–Crippen LogP) is 3.27. The van der Waals surface area contributed by atoms with Gasteiger partial charge in [-0.1, -0.05) is 45.0 Å². The zero-order valence-corrected chi connectivity index (χ0v) is 22.1. The van der Waals surface area contributed by atoms with Gasteiger partial charge >= 0.3 is 0 Å². The number of hydrogen-bond acceptors (Lipinski definition) is 5. The topological polar surface area (TPSA) is 99.7 Å². The van der Waals surface area contributed by atoms with E-state index in [1.54, 1.807) is 6.07 Å². The van der Waals surface area contributed by atoms with Crippen LogP contribution in [0.15, 0.2) is 42.5 Å². The molecule has 0 aliphatic carbocycles. The molecule has 2 amide bonds. The van der Waals surface area contributed by atoms with E-state index in [1.807, 2.05) is 26.0 Å². The van der Waals surface area contributed by atoms with Crippen LogP contribution in [0.25, 0.3) is 0 Å². The van der Waals surface area contributed by atoms with Gasteiger partial charge < -0.3 is 25.8 Å². The lowest BCUT2D eigenvalue weighted by Crippen LogP contribution is -2.56. The average molecular weight is 514 g/mol. The van der Waals surface area contributed by atoms with Crippen LogP contribution in [0.4, 0.5) is 4.39 Å². The summed E-state index contributed by atoms with van der Waals surface area (Å²) in [5.74, 6) is -0.773. The fourth-order valence-electron chi connectivity index (χ4n) is 4.46. The Hall–Kier alpha value is -2.97. The van der Waals surface area contributed by atoms with E-state index < -0.39 is 24.0 Å². The summed E-state index contributed by atoms with van der Waals surface area (Å²) < 4.78 is 20.1. The number of aliphatic hydroxyl groups is 1. The Morgan fingerprint density at radius 2 is 1.89 bits per heavy atom. The fraction of sp³-hybridized carbons (Fsp3) is 0.517. The van der Waals surface area contributed by atoms with Gasteiger partial charge in [0.15, 0.2) is 0 Å². The second-order valence-electron chi connectivity index (χ2n) is 10.1. The number of ether oxygens (including phenoxy) is 1. The molecule has 8 heteroatoms. The molecule has 2 aromatic carbocycles. The maximum atomic E-state index is 14.4. The second kappa shape index (κ2) is 14.1. The van der Waals surface area contributed by atoms with E-state index in [-0.39, 0.29) is 37.1 Å². The largest absolute Gasteiger partial charge is 0.493 e. The Balaban J connectivity index is 1.79. The lowest BCUT2D eigenvalue weighted by Gasteiger charge is -2.29.